The van der Waals surface area contributed by atoms with Gasteiger partial charge in [-0.2, -0.15) is 8.78 Å². The van der Waals surface area contributed by atoms with Crippen LogP contribution in [-0.2, 0) is 17.6 Å². The first kappa shape index (κ1) is 20.9. The smallest absolute Gasteiger partial charge is 0.387 e. The summed E-state index contributed by atoms with van der Waals surface area (Å²) in [4.78, 5) is 16.9. The van der Waals surface area contributed by atoms with Gasteiger partial charge in [-0.25, -0.2) is 4.98 Å². The third-order valence-electron chi connectivity index (χ3n) is 4.46. The van der Waals surface area contributed by atoms with Crippen molar-refractivity contribution in [1.29, 1.82) is 0 Å². The molecule has 0 saturated carbocycles. The first-order valence-electron chi connectivity index (χ1n) is 9.32. The van der Waals surface area contributed by atoms with Crippen molar-refractivity contribution < 1.29 is 18.3 Å². The van der Waals surface area contributed by atoms with E-state index < -0.39 is 6.61 Å². The highest BCUT2D eigenvalue weighted by molar-refractivity contribution is 7.13. The standard InChI is InChI=1S/C22H22F2N2O2S/c1-3-15-7-9-16(10-8-15)21-26-18(13-29-21)12-20(27)25-14(2)17-5-4-6-19(11-17)28-22(23)24/h4-11,13-14,22H,3,12H2,1-2H3,(H,25,27). The van der Waals surface area contributed by atoms with Crippen LogP contribution >= 0.6 is 11.3 Å². The number of nitrogens with one attached hydrogen (secondary N) is 1. The maximum atomic E-state index is 12.4. The number of nitrogens with zero attached hydrogens (tertiary/aromatic N) is 1. The van der Waals surface area contributed by atoms with Crippen molar-refractivity contribution in [2.75, 3.05) is 0 Å². The molecule has 0 fully saturated rings. The van der Waals surface area contributed by atoms with Crippen LogP contribution < -0.4 is 10.1 Å². The SMILES string of the molecule is CCc1ccc(-c2nc(CC(=O)NC(C)c3cccc(OC(F)F)c3)cs2)cc1. The van der Waals surface area contributed by atoms with Crippen molar-refractivity contribution in [2.45, 2.75) is 39.3 Å². The Morgan fingerprint density at radius 3 is 2.66 bits per heavy atom. The van der Waals surface area contributed by atoms with E-state index in [0.29, 0.717) is 11.3 Å². The number of carbonyl (C=O) groups is 1. The van der Waals surface area contributed by atoms with Crippen LogP contribution in [0.2, 0.25) is 0 Å². The molecule has 1 heterocycles. The summed E-state index contributed by atoms with van der Waals surface area (Å²) in [5.41, 5.74) is 3.68. The second kappa shape index (κ2) is 9.60. The van der Waals surface area contributed by atoms with E-state index in [1.54, 1.807) is 19.1 Å². The Balaban J connectivity index is 1.60. The molecule has 0 spiro atoms. The van der Waals surface area contributed by atoms with Gasteiger partial charge in [-0.1, -0.05) is 43.3 Å². The van der Waals surface area contributed by atoms with Gasteiger partial charge in [-0.3, -0.25) is 4.79 Å². The summed E-state index contributed by atoms with van der Waals surface area (Å²) in [5, 5.41) is 5.63. The lowest BCUT2D eigenvalue weighted by molar-refractivity contribution is -0.121. The summed E-state index contributed by atoms with van der Waals surface area (Å²) in [6.45, 7) is 1.02. The summed E-state index contributed by atoms with van der Waals surface area (Å²) >= 11 is 1.50. The van der Waals surface area contributed by atoms with Crippen molar-refractivity contribution in [1.82, 2.24) is 10.3 Å². The minimum atomic E-state index is -2.88. The molecule has 1 atom stereocenters. The number of thiazole rings is 1. The molecule has 4 nitrogen and oxygen atoms in total. The first-order chi connectivity index (χ1) is 13.9. The summed E-state index contributed by atoms with van der Waals surface area (Å²) < 4.78 is 29.2. The van der Waals surface area contributed by atoms with Gasteiger partial charge in [0, 0.05) is 10.9 Å². The maximum Gasteiger partial charge on any atom is 0.387 e. The Kier molecular flexibility index (Phi) is 6.93. The predicted molar refractivity (Wildman–Crippen MR) is 110 cm³/mol. The predicted octanol–water partition coefficient (Wildman–Crippen LogP) is 5.39. The Bertz CT molecular complexity index is 957. The van der Waals surface area contributed by atoms with Gasteiger partial charge < -0.3 is 10.1 Å². The van der Waals surface area contributed by atoms with Gasteiger partial charge in [-0.15, -0.1) is 11.3 Å². The highest BCUT2D eigenvalue weighted by atomic mass is 32.1. The number of halogens is 2. The molecule has 3 aromatic rings. The Morgan fingerprint density at radius 2 is 1.97 bits per heavy atom. The molecular formula is C22H22F2N2O2S. The molecule has 0 aliphatic rings. The summed E-state index contributed by atoms with van der Waals surface area (Å²) in [5.74, 6) is -0.118. The fourth-order valence-corrected chi connectivity index (χ4v) is 3.73. The number of ether oxygens (including phenoxy) is 1. The normalized spacial score (nSPS) is 12.0. The Labute approximate surface area is 172 Å². The second-order valence-electron chi connectivity index (χ2n) is 6.61. The molecule has 29 heavy (non-hydrogen) atoms. The van der Waals surface area contributed by atoms with Crippen LogP contribution in [0.25, 0.3) is 10.6 Å². The molecule has 3 rings (SSSR count). The highest BCUT2D eigenvalue weighted by Gasteiger charge is 2.14. The van der Waals surface area contributed by atoms with E-state index in [9.17, 15) is 13.6 Å². The summed E-state index contributed by atoms with van der Waals surface area (Å²) in [7, 11) is 0. The monoisotopic (exact) mass is 416 g/mol. The lowest BCUT2D eigenvalue weighted by Crippen LogP contribution is -2.28. The number of carbonyl (C=O) groups excluding carboxylic acids is 1. The molecular weight excluding hydrogens is 394 g/mol. The fraction of sp³-hybridized carbons (Fsp3) is 0.273. The van der Waals surface area contributed by atoms with Crippen molar-refractivity contribution >= 4 is 17.2 Å². The fourth-order valence-electron chi connectivity index (χ4n) is 2.90. The molecule has 2 aromatic carbocycles. The number of benzene rings is 2. The average molecular weight is 416 g/mol. The number of amides is 1. The van der Waals surface area contributed by atoms with Crippen LogP contribution in [0.15, 0.2) is 53.9 Å². The zero-order valence-electron chi connectivity index (χ0n) is 16.2. The van der Waals surface area contributed by atoms with E-state index in [4.69, 9.17) is 0 Å². The topological polar surface area (TPSA) is 51.2 Å². The largest absolute Gasteiger partial charge is 0.435 e. The first-order valence-corrected chi connectivity index (χ1v) is 10.2. The van der Waals surface area contributed by atoms with E-state index in [1.807, 2.05) is 17.5 Å². The van der Waals surface area contributed by atoms with Crippen LogP contribution in [0.5, 0.6) is 5.75 Å². The molecule has 1 unspecified atom stereocenters. The van der Waals surface area contributed by atoms with Gasteiger partial charge in [0.2, 0.25) is 5.91 Å². The van der Waals surface area contributed by atoms with Crippen LogP contribution in [0.3, 0.4) is 0 Å². The van der Waals surface area contributed by atoms with E-state index in [0.717, 1.165) is 17.0 Å². The number of aryl methyl sites for hydroxylation is 1. The molecule has 1 amide bonds. The van der Waals surface area contributed by atoms with Crippen molar-refractivity contribution in [2.24, 2.45) is 0 Å². The van der Waals surface area contributed by atoms with Gasteiger partial charge in [-0.05, 0) is 36.6 Å². The van der Waals surface area contributed by atoms with Crippen molar-refractivity contribution in [3.8, 4) is 16.3 Å². The second-order valence-corrected chi connectivity index (χ2v) is 7.47. The molecule has 1 N–H and O–H groups in total. The van der Waals surface area contributed by atoms with Gasteiger partial charge in [0.15, 0.2) is 0 Å². The maximum absolute atomic E-state index is 12.4. The van der Waals surface area contributed by atoms with Gasteiger partial charge in [0.05, 0.1) is 18.2 Å². The number of alkyl halides is 2. The van der Waals surface area contributed by atoms with Crippen LogP contribution in [0.1, 0.15) is 36.7 Å². The van der Waals surface area contributed by atoms with E-state index in [1.165, 1.54) is 29.0 Å². The number of rotatable bonds is 8. The highest BCUT2D eigenvalue weighted by Crippen LogP contribution is 2.25. The Hall–Kier alpha value is -2.80. The van der Waals surface area contributed by atoms with Crippen molar-refractivity contribution in [3.05, 3.63) is 70.7 Å². The molecule has 152 valence electrons. The minimum absolute atomic E-state index is 0.0665. The third-order valence-corrected chi connectivity index (χ3v) is 5.40. The minimum Gasteiger partial charge on any atom is -0.435 e. The molecule has 1 aromatic heterocycles. The van der Waals surface area contributed by atoms with Crippen LogP contribution in [-0.4, -0.2) is 17.5 Å². The van der Waals surface area contributed by atoms with E-state index in [-0.39, 0.29) is 24.1 Å². The zero-order valence-corrected chi connectivity index (χ0v) is 17.0. The number of hydrogen-bond donors (Lipinski definition) is 1. The van der Waals surface area contributed by atoms with Gasteiger partial charge >= 0.3 is 6.61 Å². The Morgan fingerprint density at radius 1 is 1.21 bits per heavy atom. The van der Waals surface area contributed by atoms with Crippen LogP contribution in [0.4, 0.5) is 8.78 Å². The van der Waals surface area contributed by atoms with Crippen molar-refractivity contribution in [3.63, 3.8) is 0 Å². The summed E-state index contributed by atoms with van der Waals surface area (Å²) in [6, 6.07) is 14.2. The lowest BCUT2D eigenvalue weighted by atomic mass is 10.1. The number of hydrogen-bond acceptors (Lipinski definition) is 4. The zero-order chi connectivity index (χ0) is 20.8. The van der Waals surface area contributed by atoms with Crippen LogP contribution in [0, 0.1) is 0 Å². The molecule has 0 aliphatic carbocycles. The molecule has 0 aliphatic heterocycles. The van der Waals surface area contributed by atoms with Gasteiger partial charge in [0.1, 0.15) is 10.8 Å². The van der Waals surface area contributed by atoms with Gasteiger partial charge in [0.25, 0.3) is 0 Å². The number of aromatic nitrogens is 1. The van der Waals surface area contributed by atoms with E-state index in [2.05, 4.69) is 34.1 Å². The van der Waals surface area contributed by atoms with E-state index >= 15 is 0 Å². The lowest BCUT2D eigenvalue weighted by Gasteiger charge is -2.15. The quantitative estimate of drug-likeness (QED) is 0.535. The molecule has 0 bridgehead atoms. The molecule has 0 radical (unpaired) electrons. The third kappa shape index (κ3) is 5.84. The molecule has 0 saturated heterocycles. The average Bonchev–Trinajstić information content (AvgIpc) is 3.16. The summed E-state index contributed by atoms with van der Waals surface area (Å²) in [6.07, 6.45) is 1.14. The molecule has 7 heteroatoms.